The van der Waals surface area contributed by atoms with Crippen LogP contribution >= 0.6 is 24.8 Å². The Hall–Kier alpha value is -3.10. The number of benzene rings is 2. The molecule has 1 aromatic heterocycles. The first-order chi connectivity index (χ1) is 12.4. The summed E-state index contributed by atoms with van der Waals surface area (Å²) in [6.45, 7) is 0. The van der Waals surface area contributed by atoms with E-state index in [4.69, 9.17) is 22.3 Å². The van der Waals surface area contributed by atoms with Crippen molar-refractivity contribution in [1.29, 1.82) is 10.8 Å². The number of hydrogen-bond acceptors (Lipinski definition) is 4. The molecule has 0 unspecified atom stereocenters. The summed E-state index contributed by atoms with van der Waals surface area (Å²) < 4.78 is 28.6. The second-order valence-corrected chi connectivity index (χ2v) is 5.51. The second kappa shape index (κ2) is 9.20. The van der Waals surface area contributed by atoms with Crippen molar-refractivity contribution >= 4 is 36.5 Å². The van der Waals surface area contributed by atoms with Gasteiger partial charge in [0.15, 0.2) is 0 Å². The number of nitrogen functional groups attached to an aromatic ring is 2. The summed E-state index contributed by atoms with van der Waals surface area (Å²) in [5.41, 5.74) is 11.9. The first-order valence-electron chi connectivity index (χ1n) is 7.47. The lowest BCUT2D eigenvalue weighted by molar-refractivity contribution is 0.629. The zero-order valence-electron chi connectivity index (χ0n) is 14.2. The normalized spacial score (nSPS) is 9.79. The van der Waals surface area contributed by atoms with Crippen LogP contribution in [0.25, 0.3) is 22.5 Å². The molecule has 1 heterocycles. The fourth-order valence-electron chi connectivity index (χ4n) is 2.41. The number of amidine groups is 2. The van der Waals surface area contributed by atoms with Crippen molar-refractivity contribution in [1.82, 2.24) is 9.97 Å². The molecule has 146 valence electrons. The van der Waals surface area contributed by atoms with Crippen LogP contribution in [0.5, 0.6) is 0 Å². The van der Waals surface area contributed by atoms with Gasteiger partial charge in [0.2, 0.25) is 0 Å². The highest BCUT2D eigenvalue weighted by Crippen LogP contribution is 2.26. The van der Waals surface area contributed by atoms with Gasteiger partial charge in [0.05, 0.1) is 23.8 Å². The van der Waals surface area contributed by atoms with Gasteiger partial charge in [-0.1, -0.05) is 12.1 Å². The molecule has 6 N–H and O–H groups in total. The third kappa shape index (κ3) is 4.59. The van der Waals surface area contributed by atoms with Crippen LogP contribution in [0, 0.1) is 22.5 Å². The molecule has 2 aromatic carbocycles. The lowest BCUT2D eigenvalue weighted by atomic mass is 10.1. The van der Waals surface area contributed by atoms with Crippen LogP contribution in [0.3, 0.4) is 0 Å². The molecular weight excluding hydrogens is 409 g/mol. The molecule has 0 aliphatic carbocycles. The zero-order valence-corrected chi connectivity index (χ0v) is 15.9. The van der Waals surface area contributed by atoms with Crippen molar-refractivity contribution in [3.8, 4) is 22.5 Å². The van der Waals surface area contributed by atoms with Gasteiger partial charge in [-0.2, -0.15) is 0 Å². The van der Waals surface area contributed by atoms with Gasteiger partial charge in [-0.25, -0.2) is 13.8 Å². The first-order valence-corrected chi connectivity index (χ1v) is 7.47. The Bertz CT molecular complexity index is 964. The maximum atomic E-state index is 14.3. The van der Waals surface area contributed by atoms with Gasteiger partial charge in [-0.15, -0.1) is 24.8 Å². The molecule has 0 atom stereocenters. The van der Waals surface area contributed by atoms with E-state index in [2.05, 4.69) is 9.97 Å². The minimum absolute atomic E-state index is 0. The Morgan fingerprint density at radius 3 is 1.46 bits per heavy atom. The van der Waals surface area contributed by atoms with Gasteiger partial charge in [0.25, 0.3) is 0 Å². The average Bonchev–Trinajstić information content (AvgIpc) is 2.61. The molecule has 0 spiro atoms. The zero-order chi connectivity index (χ0) is 18.8. The van der Waals surface area contributed by atoms with Gasteiger partial charge in [0.1, 0.15) is 23.3 Å². The summed E-state index contributed by atoms with van der Waals surface area (Å²) >= 11 is 0. The number of hydrogen-bond donors (Lipinski definition) is 4. The van der Waals surface area contributed by atoms with Crippen LogP contribution in [0.4, 0.5) is 8.78 Å². The highest BCUT2D eigenvalue weighted by molar-refractivity contribution is 5.96. The molecule has 0 bridgehead atoms. The third-order valence-electron chi connectivity index (χ3n) is 3.75. The summed E-state index contributed by atoms with van der Waals surface area (Å²) in [7, 11) is 0. The first kappa shape index (κ1) is 22.9. The van der Waals surface area contributed by atoms with E-state index in [0.29, 0.717) is 0 Å². The molecule has 0 amide bonds. The number of rotatable bonds is 4. The van der Waals surface area contributed by atoms with E-state index in [1.165, 1.54) is 36.7 Å². The second-order valence-electron chi connectivity index (χ2n) is 5.51. The molecule has 0 aliphatic rings. The number of nitrogens with one attached hydrogen (secondary N) is 2. The largest absolute Gasteiger partial charge is 0.384 e. The van der Waals surface area contributed by atoms with Gasteiger partial charge >= 0.3 is 0 Å². The fourth-order valence-corrected chi connectivity index (χ4v) is 2.41. The molecular formula is C18H16Cl2F2N6. The monoisotopic (exact) mass is 424 g/mol. The van der Waals surface area contributed by atoms with Gasteiger partial charge in [-0.3, -0.25) is 15.8 Å². The van der Waals surface area contributed by atoms with Crippen LogP contribution in [-0.2, 0) is 0 Å². The molecule has 0 saturated carbocycles. The molecule has 0 aliphatic heterocycles. The van der Waals surface area contributed by atoms with Crippen molar-refractivity contribution in [2.75, 3.05) is 0 Å². The lowest BCUT2D eigenvalue weighted by Gasteiger charge is -2.08. The molecule has 0 radical (unpaired) electrons. The molecule has 3 rings (SSSR count). The summed E-state index contributed by atoms with van der Waals surface area (Å²) in [5.74, 6) is -1.72. The quantitative estimate of drug-likeness (QED) is 0.377. The topological polar surface area (TPSA) is 126 Å². The Labute approximate surface area is 171 Å². The average molecular weight is 425 g/mol. The predicted octanol–water partition coefficient (Wildman–Crippen LogP) is 3.50. The van der Waals surface area contributed by atoms with Gasteiger partial charge in [-0.05, 0) is 24.3 Å². The van der Waals surface area contributed by atoms with E-state index in [-0.39, 0.29) is 70.1 Å². The van der Waals surface area contributed by atoms with Crippen LogP contribution < -0.4 is 11.5 Å². The number of halogens is 4. The van der Waals surface area contributed by atoms with Gasteiger partial charge in [0, 0.05) is 22.3 Å². The maximum Gasteiger partial charge on any atom is 0.133 e. The van der Waals surface area contributed by atoms with Crippen LogP contribution in [-0.4, -0.2) is 21.6 Å². The van der Waals surface area contributed by atoms with Crippen molar-refractivity contribution in [2.45, 2.75) is 0 Å². The van der Waals surface area contributed by atoms with E-state index in [0.717, 1.165) is 12.1 Å². The smallest absolute Gasteiger partial charge is 0.133 e. The summed E-state index contributed by atoms with van der Waals surface area (Å²) in [6, 6.07) is 8.14. The Morgan fingerprint density at radius 1 is 0.750 bits per heavy atom. The minimum Gasteiger partial charge on any atom is -0.384 e. The Morgan fingerprint density at radius 2 is 1.14 bits per heavy atom. The predicted molar refractivity (Wildman–Crippen MR) is 109 cm³/mol. The lowest BCUT2D eigenvalue weighted by Crippen LogP contribution is -2.11. The minimum atomic E-state index is -0.614. The molecule has 10 heteroatoms. The molecule has 0 saturated heterocycles. The Balaban J connectivity index is 0.00000196. The molecule has 0 fully saturated rings. The Kier molecular flexibility index (Phi) is 7.54. The van der Waals surface area contributed by atoms with Crippen molar-refractivity contribution < 1.29 is 8.78 Å². The maximum absolute atomic E-state index is 14.3. The number of nitrogens with two attached hydrogens (primary N) is 2. The van der Waals surface area contributed by atoms with Crippen molar-refractivity contribution in [2.24, 2.45) is 11.5 Å². The summed E-state index contributed by atoms with van der Waals surface area (Å²) in [5, 5.41) is 14.7. The molecule has 6 nitrogen and oxygen atoms in total. The number of nitrogens with zero attached hydrogens (tertiary/aromatic N) is 2. The fraction of sp³-hybridized carbons (Fsp3) is 0. The van der Waals surface area contributed by atoms with E-state index < -0.39 is 11.6 Å². The van der Waals surface area contributed by atoms with Crippen molar-refractivity contribution in [3.63, 3.8) is 0 Å². The van der Waals surface area contributed by atoms with Gasteiger partial charge < -0.3 is 11.5 Å². The highest BCUT2D eigenvalue weighted by Gasteiger charge is 2.13. The van der Waals surface area contributed by atoms with Crippen molar-refractivity contribution in [3.05, 3.63) is 71.6 Å². The highest BCUT2D eigenvalue weighted by atomic mass is 35.5. The molecule has 3 aromatic rings. The standard InChI is InChI=1S/C18H14F2N6.2ClH/c19-13-5-9(17(21)22)1-3-11(13)15-7-25-8-16(26-15)12-4-2-10(18(23)24)6-14(12)20;;/h1-8H,(H3,21,22)(H3,23,24);2*1H. The summed E-state index contributed by atoms with van der Waals surface area (Å²) in [4.78, 5) is 8.28. The number of aromatic nitrogens is 2. The third-order valence-corrected chi connectivity index (χ3v) is 3.75. The molecule has 28 heavy (non-hydrogen) atoms. The van der Waals surface area contributed by atoms with Crippen LogP contribution in [0.1, 0.15) is 11.1 Å². The summed E-state index contributed by atoms with van der Waals surface area (Å²) in [6.07, 6.45) is 2.72. The van der Waals surface area contributed by atoms with E-state index in [9.17, 15) is 8.78 Å². The van der Waals surface area contributed by atoms with E-state index in [1.807, 2.05) is 0 Å². The van der Waals surface area contributed by atoms with Crippen LogP contribution in [0.2, 0.25) is 0 Å². The van der Waals surface area contributed by atoms with Crippen LogP contribution in [0.15, 0.2) is 48.8 Å². The van der Waals surface area contributed by atoms with E-state index in [1.54, 1.807) is 0 Å². The SMILES string of the molecule is Cl.Cl.N=C(N)c1ccc(-c2cncc(-c3ccc(C(=N)N)cc3F)n2)c(F)c1. The van der Waals surface area contributed by atoms with E-state index >= 15 is 0 Å².